The fourth-order valence-corrected chi connectivity index (χ4v) is 4.59. The van der Waals surface area contributed by atoms with Crippen molar-refractivity contribution in [2.75, 3.05) is 20.3 Å². The minimum atomic E-state index is 0.789. The maximum Gasteiger partial charge on any atom is 0.121 e. The number of hydrogen-bond acceptors (Lipinski definition) is 3. The van der Waals surface area contributed by atoms with E-state index in [1.54, 1.807) is 7.11 Å². The summed E-state index contributed by atoms with van der Waals surface area (Å²) >= 11 is 0. The largest absolute Gasteiger partial charge is 0.496 e. The molecule has 1 saturated carbocycles. The second kappa shape index (κ2) is 11.4. The zero-order valence-corrected chi connectivity index (χ0v) is 18.5. The monoisotopic (exact) mass is 398 g/mol. The minimum Gasteiger partial charge on any atom is -0.496 e. The Labute approximate surface area is 176 Å². The number of nitrogens with zero attached hydrogens (tertiary/aromatic N) is 2. The molecule has 2 aliphatic rings. The van der Waals surface area contributed by atoms with E-state index in [2.05, 4.69) is 41.8 Å². The molecule has 1 aromatic carbocycles. The van der Waals surface area contributed by atoms with Crippen molar-refractivity contribution in [1.29, 1.82) is 0 Å². The van der Waals surface area contributed by atoms with E-state index in [0.29, 0.717) is 0 Å². The summed E-state index contributed by atoms with van der Waals surface area (Å²) in [5, 5.41) is 4.54. The van der Waals surface area contributed by atoms with Gasteiger partial charge < -0.3 is 9.47 Å². The van der Waals surface area contributed by atoms with E-state index in [9.17, 15) is 0 Å². The summed E-state index contributed by atoms with van der Waals surface area (Å²) in [4.78, 5) is 0. The first-order chi connectivity index (χ1) is 14.2. The van der Waals surface area contributed by atoms with Gasteiger partial charge in [0, 0.05) is 31.5 Å². The van der Waals surface area contributed by atoms with Gasteiger partial charge in [0.1, 0.15) is 5.75 Å². The molecule has 29 heavy (non-hydrogen) atoms. The maximum atomic E-state index is 5.35. The summed E-state index contributed by atoms with van der Waals surface area (Å²) in [6.45, 7) is 7.40. The van der Waals surface area contributed by atoms with Crippen molar-refractivity contribution in [3.8, 4) is 17.0 Å². The third-order valence-corrected chi connectivity index (χ3v) is 6.28. The number of rotatable bonds is 6. The van der Waals surface area contributed by atoms with Gasteiger partial charge in [-0.1, -0.05) is 32.6 Å². The van der Waals surface area contributed by atoms with E-state index in [4.69, 9.17) is 9.47 Å². The summed E-state index contributed by atoms with van der Waals surface area (Å²) in [5.41, 5.74) is 3.60. The molecule has 0 spiro atoms. The lowest BCUT2D eigenvalue weighted by Crippen LogP contribution is -2.15. The smallest absolute Gasteiger partial charge is 0.121 e. The molecule has 1 aliphatic heterocycles. The highest BCUT2D eigenvalue weighted by Crippen LogP contribution is 2.29. The molecule has 2 fully saturated rings. The number of methoxy groups -OCH3 is 1. The van der Waals surface area contributed by atoms with Gasteiger partial charge in [0.15, 0.2) is 0 Å². The normalized spacial score (nSPS) is 19.6. The summed E-state index contributed by atoms with van der Waals surface area (Å²) in [5.74, 6) is 2.62. The number of benzene rings is 1. The molecule has 2 aromatic rings. The predicted molar refractivity (Wildman–Crippen MR) is 119 cm³/mol. The average molecular weight is 399 g/mol. The Kier molecular flexibility index (Phi) is 8.60. The first-order valence-corrected chi connectivity index (χ1v) is 11.5. The van der Waals surface area contributed by atoms with Crippen LogP contribution < -0.4 is 4.74 Å². The molecule has 1 unspecified atom stereocenters. The van der Waals surface area contributed by atoms with Crippen molar-refractivity contribution in [1.82, 2.24) is 9.78 Å². The van der Waals surface area contributed by atoms with Crippen molar-refractivity contribution < 1.29 is 9.47 Å². The fourth-order valence-electron chi connectivity index (χ4n) is 4.59. The van der Waals surface area contributed by atoms with E-state index in [0.717, 1.165) is 37.3 Å². The third-order valence-electron chi connectivity index (χ3n) is 6.28. The quantitative estimate of drug-likeness (QED) is 0.575. The van der Waals surface area contributed by atoms with Crippen LogP contribution in [-0.4, -0.2) is 30.1 Å². The molecular weight excluding hydrogens is 360 g/mol. The molecule has 4 rings (SSSR count). The summed E-state index contributed by atoms with van der Waals surface area (Å²) in [6, 6.07) is 8.47. The van der Waals surface area contributed by atoms with Crippen LogP contribution >= 0.6 is 0 Å². The lowest BCUT2D eigenvalue weighted by molar-refractivity contribution is 0.184. The average Bonchev–Trinajstić information content (AvgIpc) is 3.42. The first kappa shape index (κ1) is 21.9. The lowest BCUT2D eigenvalue weighted by Gasteiger charge is -2.22. The second-order valence-corrected chi connectivity index (χ2v) is 8.61. The van der Waals surface area contributed by atoms with Crippen molar-refractivity contribution >= 4 is 0 Å². The van der Waals surface area contributed by atoms with Gasteiger partial charge in [0.25, 0.3) is 0 Å². The van der Waals surface area contributed by atoms with Gasteiger partial charge in [-0.2, -0.15) is 5.10 Å². The van der Waals surface area contributed by atoms with Gasteiger partial charge in [0.05, 0.1) is 12.8 Å². The molecule has 0 bridgehead atoms. The zero-order valence-electron chi connectivity index (χ0n) is 18.5. The SMILES string of the molecule is CCCC1CCOC1.COc1ccc(-c2ccnn2CC2CCCCC2)cc1C. The van der Waals surface area contributed by atoms with Gasteiger partial charge in [0.2, 0.25) is 0 Å². The summed E-state index contributed by atoms with van der Waals surface area (Å²) in [7, 11) is 1.72. The number of ether oxygens (including phenoxy) is 2. The van der Waals surface area contributed by atoms with Gasteiger partial charge in [-0.05, 0) is 74.3 Å². The van der Waals surface area contributed by atoms with Crippen LogP contribution in [0.3, 0.4) is 0 Å². The van der Waals surface area contributed by atoms with Gasteiger partial charge in [-0.3, -0.25) is 4.68 Å². The van der Waals surface area contributed by atoms with Crippen LogP contribution in [0.15, 0.2) is 30.5 Å². The fraction of sp³-hybridized carbons (Fsp3) is 0.640. The Bertz CT molecular complexity index is 728. The van der Waals surface area contributed by atoms with Crippen LogP contribution in [0.2, 0.25) is 0 Å². The lowest BCUT2D eigenvalue weighted by atomic mass is 9.89. The number of hydrogen-bond donors (Lipinski definition) is 0. The van der Waals surface area contributed by atoms with Crippen molar-refractivity contribution in [3.05, 3.63) is 36.0 Å². The molecule has 1 aliphatic carbocycles. The van der Waals surface area contributed by atoms with Crippen molar-refractivity contribution in [2.45, 2.75) is 71.8 Å². The highest BCUT2D eigenvalue weighted by molar-refractivity contribution is 5.62. The Morgan fingerprint density at radius 3 is 2.59 bits per heavy atom. The molecule has 1 aromatic heterocycles. The van der Waals surface area contributed by atoms with Gasteiger partial charge >= 0.3 is 0 Å². The first-order valence-electron chi connectivity index (χ1n) is 11.5. The van der Waals surface area contributed by atoms with E-state index in [-0.39, 0.29) is 0 Å². The standard InChI is InChI=1S/C18H24N2O.C7H14O/c1-14-12-16(8-9-18(14)21-2)17-10-11-19-20(17)13-15-6-4-3-5-7-15;1-2-3-7-4-5-8-6-7/h8-12,15H,3-7,13H2,1-2H3;7H,2-6H2,1H3. The Morgan fingerprint density at radius 2 is 1.93 bits per heavy atom. The topological polar surface area (TPSA) is 36.3 Å². The number of aryl methyl sites for hydroxylation is 1. The van der Waals surface area contributed by atoms with Crippen molar-refractivity contribution in [2.24, 2.45) is 11.8 Å². The molecule has 0 N–H and O–H groups in total. The van der Waals surface area contributed by atoms with Crippen LogP contribution in [0.5, 0.6) is 5.75 Å². The van der Waals surface area contributed by atoms with Crippen LogP contribution in [0.1, 0.15) is 63.9 Å². The molecule has 0 amide bonds. The van der Waals surface area contributed by atoms with Crippen molar-refractivity contribution in [3.63, 3.8) is 0 Å². The minimum absolute atomic E-state index is 0.789. The molecule has 2 heterocycles. The molecule has 0 radical (unpaired) electrons. The summed E-state index contributed by atoms with van der Waals surface area (Å²) in [6.07, 6.45) is 12.7. The van der Waals surface area contributed by atoms with Crippen LogP contribution in [-0.2, 0) is 11.3 Å². The van der Waals surface area contributed by atoms with Gasteiger partial charge in [-0.15, -0.1) is 0 Å². The molecule has 4 heteroatoms. The second-order valence-electron chi connectivity index (χ2n) is 8.61. The Balaban J connectivity index is 0.000000252. The predicted octanol–water partition coefficient (Wildman–Crippen LogP) is 6.27. The molecule has 160 valence electrons. The maximum absolute atomic E-state index is 5.35. The highest BCUT2D eigenvalue weighted by atomic mass is 16.5. The van der Waals surface area contributed by atoms with Crippen LogP contribution in [0.4, 0.5) is 0 Å². The van der Waals surface area contributed by atoms with E-state index < -0.39 is 0 Å². The van der Waals surface area contributed by atoms with Crippen LogP contribution in [0, 0.1) is 18.8 Å². The molecule has 4 nitrogen and oxygen atoms in total. The van der Waals surface area contributed by atoms with Gasteiger partial charge in [-0.25, -0.2) is 0 Å². The third kappa shape index (κ3) is 6.33. The summed E-state index contributed by atoms with van der Waals surface area (Å²) < 4.78 is 12.7. The van der Waals surface area contributed by atoms with E-state index in [1.807, 2.05) is 12.3 Å². The van der Waals surface area contributed by atoms with E-state index >= 15 is 0 Å². The Morgan fingerprint density at radius 1 is 1.10 bits per heavy atom. The van der Waals surface area contributed by atoms with Crippen LogP contribution in [0.25, 0.3) is 11.3 Å². The highest BCUT2D eigenvalue weighted by Gasteiger charge is 2.16. The number of aromatic nitrogens is 2. The molecule has 1 saturated heterocycles. The Hall–Kier alpha value is -1.81. The van der Waals surface area contributed by atoms with E-state index in [1.165, 1.54) is 68.2 Å². The molecular formula is C25H38N2O2. The zero-order chi connectivity index (χ0) is 20.5. The molecule has 1 atom stereocenters.